The van der Waals surface area contributed by atoms with E-state index >= 15 is 0 Å². The van der Waals surface area contributed by atoms with Gasteiger partial charge in [-0.15, -0.1) is 0 Å². The highest BCUT2D eigenvalue weighted by Gasteiger charge is 2.23. The number of rotatable bonds is 2. The summed E-state index contributed by atoms with van der Waals surface area (Å²) in [6, 6.07) is 5.20. The van der Waals surface area contributed by atoms with E-state index in [0.717, 1.165) is 36.1 Å². The molecule has 16 heavy (non-hydrogen) atoms. The van der Waals surface area contributed by atoms with Crippen molar-refractivity contribution in [1.82, 2.24) is 0 Å². The molecule has 1 atom stereocenters. The first-order valence-electron chi connectivity index (χ1n) is 5.50. The molecule has 2 rings (SSSR count). The van der Waals surface area contributed by atoms with Crippen LogP contribution in [0.2, 0.25) is 0 Å². The Morgan fingerprint density at radius 3 is 2.75 bits per heavy atom. The fourth-order valence-corrected chi connectivity index (χ4v) is 2.63. The number of phenols is 1. The van der Waals surface area contributed by atoms with Crippen LogP contribution >= 0.6 is 15.9 Å². The summed E-state index contributed by atoms with van der Waals surface area (Å²) in [5.74, 6) is 0.701. The maximum absolute atomic E-state index is 9.48. The number of hydrogen-bond donors (Lipinski definition) is 2. The molecule has 0 saturated carbocycles. The third-order valence-corrected chi connectivity index (χ3v) is 3.83. The Labute approximate surface area is 104 Å². The first kappa shape index (κ1) is 11.9. The van der Waals surface area contributed by atoms with E-state index in [0.29, 0.717) is 5.92 Å². The summed E-state index contributed by atoms with van der Waals surface area (Å²) in [6.45, 7) is 1.57. The van der Waals surface area contributed by atoms with Crippen LogP contribution in [0, 0.1) is 5.92 Å². The van der Waals surface area contributed by atoms with Gasteiger partial charge in [-0.25, -0.2) is 0 Å². The van der Waals surface area contributed by atoms with Gasteiger partial charge >= 0.3 is 0 Å². The van der Waals surface area contributed by atoms with Crippen molar-refractivity contribution in [3.8, 4) is 5.75 Å². The second-order valence-corrected chi connectivity index (χ2v) is 5.04. The molecule has 1 aliphatic heterocycles. The summed E-state index contributed by atoms with van der Waals surface area (Å²) in [4.78, 5) is 0. The van der Waals surface area contributed by atoms with Crippen LogP contribution in [0.4, 0.5) is 0 Å². The summed E-state index contributed by atoms with van der Waals surface area (Å²) < 4.78 is 6.29. The Bertz CT molecular complexity index is 364. The molecule has 1 heterocycles. The van der Waals surface area contributed by atoms with Crippen LogP contribution < -0.4 is 5.73 Å². The molecule has 3 N–H and O–H groups in total. The quantitative estimate of drug-likeness (QED) is 0.878. The molecule has 4 heteroatoms. The fraction of sp³-hybridized carbons (Fsp3) is 0.500. The van der Waals surface area contributed by atoms with E-state index in [9.17, 15) is 5.11 Å². The van der Waals surface area contributed by atoms with Crippen LogP contribution in [0.25, 0.3) is 0 Å². The highest BCUT2D eigenvalue weighted by molar-refractivity contribution is 9.10. The molecule has 0 amide bonds. The molecule has 1 fully saturated rings. The van der Waals surface area contributed by atoms with E-state index in [-0.39, 0.29) is 11.8 Å². The summed E-state index contributed by atoms with van der Waals surface area (Å²) in [5, 5.41) is 9.48. The minimum absolute atomic E-state index is 0.0367. The molecule has 3 nitrogen and oxygen atoms in total. The lowest BCUT2D eigenvalue weighted by molar-refractivity contribution is 0.0583. The molecular formula is C12H16BrNO2. The molecule has 0 unspecified atom stereocenters. The van der Waals surface area contributed by atoms with Crippen molar-refractivity contribution >= 4 is 15.9 Å². The van der Waals surface area contributed by atoms with Gasteiger partial charge in [0.2, 0.25) is 0 Å². The molecule has 0 aliphatic carbocycles. The maximum atomic E-state index is 9.48. The predicted octanol–water partition coefficient (Wildman–Crippen LogP) is 2.58. The number of halogens is 1. The predicted molar refractivity (Wildman–Crippen MR) is 66.3 cm³/mol. The van der Waals surface area contributed by atoms with E-state index in [1.54, 1.807) is 12.1 Å². The van der Waals surface area contributed by atoms with Crippen molar-refractivity contribution in [2.24, 2.45) is 11.7 Å². The highest BCUT2D eigenvalue weighted by Crippen LogP contribution is 2.33. The van der Waals surface area contributed by atoms with Gasteiger partial charge in [-0.2, -0.15) is 0 Å². The first-order valence-corrected chi connectivity index (χ1v) is 6.29. The lowest BCUT2D eigenvalue weighted by Gasteiger charge is -2.28. The van der Waals surface area contributed by atoms with Crippen LogP contribution in [0.5, 0.6) is 5.75 Å². The number of benzene rings is 1. The van der Waals surface area contributed by atoms with Crippen LogP contribution in [-0.2, 0) is 4.74 Å². The SMILES string of the molecule is N[C@H](c1cc(O)ccc1Br)C1CCOCC1. The summed E-state index contributed by atoms with van der Waals surface area (Å²) >= 11 is 3.48. The minimum Gasteiger partial charge on any atom is -0.508 e. The lowest BCUT2D eigenvalue weighted by Crippen LogP contribution is -2.27. The molecule has 0 bridgehead atoms. The number of phenolic OH excluding ortho intramolecular Hbond substituents is 1. The average Bonchev–Trinajstić information content (AvgIpc) is 2.32. The summed E-state index contributed by atoms with van der Waals surface area (Å²) in [7, 11) is 0. The van der Waals surface area contributed by atoms with Crippen molar-refractivity contribution in [3.63, 3.8) is 0 Å². The molecule has 1 aromatic rings. The summed E-state index contributed by atoms with van der Waals surface area (Å²) in [5.41, 5.74) is 7.22. The Balaban J connectivity index is 2.18. The van der Waals surface area contributed by atoms with E-state index in [4.69, 9.17) is 10.5 Å². The Morgan fingerprint density at radius 2 is 2.06 bits per heavy atom. The van der Waals surface area contributed by atoms with Crippen LogP contribution in [0.3, 0.4) is 0 Å². The van der Waals surface area contributed by atoms with E-state index in [1.807, 2.05) is 6.07 Å². The molecule has 1 aliphatic rings. The van der Waals surface area contributed by atoms with E-state index in [2.05, 4.69) is 15.9 Å². The van der Waals surface area contributed by atoms with Gasteiger partial charge in [0.25, 0.3) is 0 Å². The molecule has 0 radical (unpaired) electrons. The molecule has 1 saturated heterocycles. The number of ether oxygens (including phenoxy) is 1. The standard InChI is InChI=1S/C12H16BrNO2/c13-11-2-1-9(15)7-10(11)12(14)8-3-5-16-6-4-8/h1-2,7-8,12,15H,3-6,14H2/t12-/m0/s1. The van der Waals surface area contributed by atoms with Gasteiger partial charge in [0.1, 0.15) is 5.75 Å². The van der Waals surface area contributed by atoms with Crippen LogP contribution in [0.1, 0.15) is 24.4 Å². The smallest absolute Gasteiger partial charge is 0.115 e. The zero-order valence-corrected chi connectivity index (χ0v) is 10.6. The zero-order chi connectivity index (χ0) is 11.5. The first-order chi connectivity index (χ1) is 7.68. The average molecular weight is 286 g/mol. The molecule has 1 aromatic carbocycles. The molecule has 0 spiro atoms. The number of nitrogens with two attached hydrogens (primary N) is 1. The Kier molecular flexibility index (Phi) is 3.84. The number of hydrogen-bond acceptors (Lipinski definition) is 3. The van der Waals surface area contributed by atoms with Gasteiger partial charge in [0.15, 0.2) is 0 Å². The molecule has 0 aromatic heterocycles. The van der Waals surface area contributed by atoms with Crippen molar-refractivity contribution in [1.29, 1.82) is 0 Å². The van der Waals surface area contributed by atoms with Crippen molar-refractivity contribution < 1.29 is 9.84 Å². The number of aromatic hydroxyl groups is 1. The van der Waals surface area contributed by atoms with Crippen LogP contribution in [0.15, 0.2) is 22.7 Å². The molecular weight excluding hydrogens is 270 g/mol. The summed E-state index contributed by atoms with van der Waals surface area (Å²) in [6.07, 6.45) is 1.98. The van der Waals surface area contributed by atoms with Gasteiger partial charge in [-0.05, 0) is 42.5 Å². The largest absolute Gasteiger partial charge is 0.508 e. The minimum atomic E-state index is -0.0367. The van der Waals surface area contributed by atoms with Gasteiger partial charge < -0.3 is 15.6 Å². The second-order valence-electron chi connectivity index (χ2n) is 4.18. The monoisotopic (exact) mass is 285 g/mol. The third-order valence-electron chi connectivity index (χ3n) is 3.11. The van der Waals surface area contributed by atoms with E-state index < -0.39 is 0 Å². The third kappa shape index (κ3) is 2.56. The van der Waals surface area contributed by atoms with Crippen molar-refractivity contribution in [2.45, 2.75) is 18.9 Å². The van der Waals surface area contributed by atoms with Crippen molar-refractivity contribution in [2.75, 3.05) is 13.2 Å². The van der Waals surface area contributed by atoms with Gasteiger partial charge in [-0.3, -0.25) is 0 Å². The molecule has 88 valence electrons. The fourth-order valence-electron chi connectivity index (χ4n) is 2.12. The topological polar surface area (TPSA) is 55.5 Å². The van der Waals surface area contributed by atoms with Crippen LogP contribution in [-0.4, -0.2) is 18.3 Å². The Morgan fingerprint density at radius 1 is 1.38 bits per heavy atom. The maximum Gasteiger partial charge on any atom is 0.115 e. The zero-order valence-electron chi connectivity index (χ0n) is 9.03. The van der Waals surface area contributed by atoms with Gasteiger partial charge in [0.05, 0.1) is 0 Å². The van der Waals surface area contributed by atoms with E-state index in [1.165, 1.54) is 0 Å². The Hall–Kier alpha value is -0.580. The van der Waals surface area contributed by atoms with Gasteiger partial charge in [0, 0.05) is 23.7 Å². The lowest BCUT2D eigenvalue weighted by atomic mass is 9.88. The normalized spacial score (nSPS) is 19.6. The van der Waals surface area contributed by atoms with Gasteiger partial charge in [-0.1, -0.05) is 15.9 Å². The highest BCUT2D eigenvalue weighted by atomic mass is 79.9. The van der Waals surface area contributed by atoms with Crippen molar-refractivity contribution in [3.05, 3.63) is 28.2 Å². The second kappa shape index (κ2) is 5.17.